The lowest BCUT2D eigenvalue weighted by atomic mass is 10.0. The number of rotatable bonds is 3. The minimum atomic E-state index is -0.528. The number of hydrogen-bond acceptors (Lipinski definition) is 5. The minimum absolute atomic E-state index is 0.0901. The molecule has 0 aromatic heterocycles. The molecule has 1 aromatic rings. The van der Waals surface area contributed by atoms with Crippen molar-refractivity contribution in [3.8, 4) is 5.75 Å². The van der Waals surface area contributed by atoms with Gasteiger partial charge >= 0.3 is 0 Å². The first-order valence-electron chi connectivity index (χ1n) is 4.94. The zero-order chi connectivity index (χ0) is 13.9. The van der Waals surface area contributed by atoms with Crippen molar-refractivity contribution in [2.75, 3.05) is 0 Å². The Morgan fingerprint density at radius 2 is 2.11 bits per heavy atom. The van der Waals surface area contributed by atoms with Crippen molar-refractivity contribution in [1.29, 1.82) is 0 Å². The van der Waals surface area contributed by atoms with Crippen LogP contribution in [0.3, 0.4) is 0 Å². The summed E-state index contributed by atoms with van der Waals surface area (Å²) >= 11 is 0. The largest absolute Gasteiger partial charge is 0.507 e. The first-order chi connectivity index (χ1) is 8.34. The maximum Gasteiger partial charge on any atom is 0.273 e. The second-order valence-electron chi connectivity index (χ2n) is 3.63. The van der Waals surface area contributed by atoms with E-state index < -0.39 is 4.92 Å². The Bertz CT molecular complexity index is 547. The molecule has 0 atom stereocenters. The highest BCUT2D eigenvalue weighted by Crippen LogP contribution is 2.31. The second-order valence-corrected chi connectivity index (χ2v) is 3.63. The molecule has 0 heterocycles. The average Bonchev–Trinajstić information content (AvgIpc) is 2.27. The lowest BCUT2D eigenvalue weighted by Gasteiger charge is -2.07. The molecule has 0 aliphatic heterocycles. The van der Waals surface area contributed by atoms with Gasteiger partial charge in [-0.05, 0) is 19.4 Å². The molecule has 0 aliphatic rings. The molecule has 0 bridgehead atoms. The van der Waals surface area contributed by atoms with E-state index >= 15 is 0 Å². The van der Waals surface area contributed by atoms with Crippen LogP contribution in [0.2, 0.25) is 0 Å². The Hall–Kier alpha value is -2.64. The molecule has 1 aromatic carbocycles. The molecule has 0 aliphatic carbocycles. The highest BCUT2D eigenvalue weighted by Gasteiger charge is 2.18. The van der Waals surface area contributed by atoms with Crippen LogP contribution in [-0.2, 0) is 0 Å². The van der Waals surface area contributed by atoms with Gasteiger partial charge in [-0.1, -0.05) is 0 Å². The molecule has 8 nitrogen and oxygen atoms in total. The molecule has 5 N–H and O–H groups in total. The van der Waals surface area contributed by atoms with Crippen molar-refractivity contribution in [3.05, 3.63) is 32.9 Å². The Morgan fingerprint density at radius 1 is 1.50 bits per heavy atom. The van der Waals surface area contributed by atoms with E-state index in [1.54, 1.807) is 6.92 Å². The van der Waals surface area contributed by atoms with Gasteiger partial charge in [-0.15, -0.1) is 5.10 Å². The van der Waals surface area contributed by atoms with E-state index in [0.717, 1.165) is 0 Å². The number of benzene rings is 1. The molecule has 0 saturated heterocycles. The summed E-state index contributed by atoms with van der Waals surface area (Å²) in [6.07, 6.45) is 1.17. The van der Waals surface area contributed by atoms with Crippen LogP contribution in [0, 0.1) is 24.0 Å². The number of phenolic OH excluding ortho intramolecular Hbond substituents is 1. The Balaban J connectivity index is 3.38. The Kier molecular flexibility index (Phi) is 3.82. The van der Waals surface area contributed by atoms with Gasteiger partial charge in [0.05, 0.1) is 11.1 Å². The summed E-state index contributed by atoms with van der Waals surface area (Å²) in [6, 6.07) is 1.29. The van der Waals surface area contributed by atoms with E-state index in [4.69, 9.17) is 11.5 Å². The fraction of sp³-hybridized carbons (Fsp3) is 0.200. The molecule has 0 unspecified atom stereocenters. The normalized spacial score (nSPS) is 10.6. The first kappa shape index (κ1) is 13.4. The van der Waals surface area contributed by atoms with Gasteiger partial charge in [0, 0.05) is 17.2 Å². The van der Waals surface area contributed by atoms with Crippen molar-refractivity contribution >= 4 is 17.9 Å². The number of guanidine groups is 1. The van der Waals surface area contributed by atoms with Crippen LogP contribution in [0.1, 0.15) is 16.7 Å². The van der Waals surface area contributed by atoms with Crippen LogP contribution in [-0.4, -0.2) is 22.2 Å². The van der Waals surface area contributed by atoms with Gasteiger partial charge in [0.25, 0.3) is 5.69 Å². The predicted octanol–water partition coefficient (Wildman–Crippen LogP) is 0.525. The van der Waals surface area contributed by atoms with Crippen LogP contribution in [0.5, 0.6) is 5.75 Å². The molecular weight excluding hydrogens is 238 g/mol. The van der Waals surface area contributed by atoms with E-state index in [1.165, 1.54) is 19.2 Å². The topological polar surface area (TPSA) is 140 Å². The molecule has 1 rings (SSSR count). The van der Waals surface area contributed by atoms with Gasteiger partial charge in [-0.25, -0.2) is 0 Å². The summed E-state index contributed by atoms with van der Waals surface area (Å²) in [6.45, 7) is 3.06. The van der Waals surface area contributed by atoms with Crippen LogP contribution < -0.4 is 11.5 Å². The molecule has 0 spiro atoms. The summed E-state index contributed by atoms with van der Waals surface area (Å²) in [5.41, 5.74) is 10.9. The summed E-state index contributed by atoms with van der Waals surface area (Å²) in [7, 11) is 0. The average molecular weight is 251 g/mol. The summed E-state index contributed by atoms with van der Waals surface area (Å²) in [5.74, 6) is -0.335. The number of phenols is 1. The van der Waals surface area contributed by atoms with Gasteiger partial charge < -0.3 is 16.6 Å². The minimum Gasteiger partial charge on any atom is -0.507 e. The maximum absolute atomic E-state index is 10.8. The lowest BCUT2D eigenvalue weighted by molar-refractivity contribution is -0.385. The van der Waals surface area contributed by atoms with Gasteiger partial charge in [0.15, 0.2) is 0 Å². The third-order valence-electron chi connectivity index (χ3n) is 2.33. The third kappa shape index (κ3) is 2.73. The molecule has 0 fully saturated rings. The molecular formula is C10H13N5O3. The van der Waals surface area contributed by atoms with Gasteiger partial charge in [-0.3, -0.25) is 10.1 Å². The molecule has 18 heavy (non-hydrogen) atoms. The molecule has 96 valence electrons. The van der Waals surface area contributed by atoms with E-state index in [9.17, 15) is 15.2 Å². The van der Waals surface area contributed by atoms with Gasteiger partial charge in [0.2, 0.25) is 5.96 Å². The first-order valence-corrected chi connectivity index (χ1v) is 4.94. The van der Waals surface area contributed by atoms with Crippen LogP contribution in [0.4, 0.5) is 5.69 Å². The number of nitro benzene ring substituents is 1. The number of nitrogens with two attached hydrogens (primary N) is 2. The molecule has 0 saturated carbocycles. The van der Waals surface area contributed by atoms with E-state index in [0.29, 0.717) is 5.56 Å². The zero-order valence-electron chi connectivity index (χ0n) is 9.91. The van der Waals surface area contributed by atoms with Crippen molar-refractivity contribution in [1.82, 2.24) is 0 Å². The number of hydrogen-bond donors (Lipinski definition) is 3. The highest BCUT2D eigenvalue weighted by molar-refractivity contribution is 5.88. The van der Waals surface area contributed by atoms with Crippen molar-refractivity contribution in [2.24, 2.45) is 21.7 Å². The van der Waals surface area contributed by atoms with Crippen LogP contribution in [0.25, 0.3) is 0 Å². The second kappa shape index (κ2) is 5.13. The Labute approximate surface area is 103 Å². The van der Waals surface area contributed by atoms with Crippen LogP contribution >= 0.6 is 0 Å². The Morgan fingerprint density at radius 3 is 2.61 bits per heavy atom. The smallest absolute Gasteiger partial charge is 0.273 e. The third-order valence-corrected chi connectivity index (χ3v) is 2.33. The number of nitro groups is 1. The highest BCUT2D eigenvalue weighted by atomic mass is 16.6. The lowest BCUT2D eigenvalue weighted by Crippen LogP contribution is -2.21. The molecule has 0 radical (unpaired) electrons. The SMILES string of the molecule is Cc1cc([N+](=O)[O-])c(C)c(C=NN=C(N)N)c1O. The zero-order valence-corrected chi connectivity index (χ0v) is 9.91. The number of nitrogens with zero attached hydrogens (tertiary/aromatic N) is 3. The fourth-order valence-electron chi connectivity index (χ4n) is 1.41. The van der Waals surface area contributed by atoms with Crippen molar-refractivity contribution < 1.29 is 10.0 Å². The summed E-state index contributed by atoms with van der Waals surface area (Å²) in [4.78, 5) is 10.3. The molecule has 8 heteroatoms. The maximum atomic E-state index is 10.8. The van der Waals surface area contributed by atoms with Gasteiger partial charge in [0.1, 0.15) is 5.75 Å². The summed E-state index contributed by atoms with van der Waals surface area (Å²) in [5, 5.41) is 27.6. The van der Waals surface area contributed by atoms with E-state index in [2.05, 4.69) is 10.2 Å². The van der Waals surface area contributed by atoms with Crippen LogP contribution in [0.15, 0.2) is 16.3 Å². The summed E-state index contributed by atoms with van der Waals surface area (Å²) < 4.78 is 0. The van der Waals surface area contributed by atoms with E-state index in [1.807, 2.05) is 0 Å². The predicted molar refractivity (Wildman–Crippen MR) is 67.6 cm³/mol. The van der Waals surface area contributed by atoms with Crippen molar-refractivity contribution in [3.63, 3.8) is 0 Å². The standard InChI is InChI=1S/C10H13N5O3/c1-5-3-8(15(17)18)6(2)7(9(5)16)4-13-14-10(11)12/h3-4,16H,1-2H3,(H4,11,12,14). The molecule has 0 amide bonds. The van der Waals surface area contributed by atoms with E-state index in [-0.39, 0.29) is 28.5 Å². The number of aryl methyl sites for hydroxylation is 1. The van der Waals surface area contributed by atoms with Crippen molar-refractivity contribution in [2.45, 2.75) is 13.8 Å². The monoisotopic (exact) mass is 251 g/mol. The number of aromatic hydroxyl groups is 1. The van der Waals surface area contributed by atoms with Gasteiger partial charge in [-0.2, -0.15) is 5.10 Å². The fourth-order valence-corrected chi connectivity index (χ4v) is 1.41. The quantitative estimate of drug-likeness (QED) is 0.311.